The molecule has 0 aliphatic heterocycles. The second kappa shape index (κ2) is 3.01. The summed E-state index contributed by atoms with van der Waals surface area (Å²) < 4.78 is 0. The molecule has 68 valence electrons. The molecule has 2 N–H and O–H groups in total. The molecule has 5 nitrogen and oxygen atoms in total. The lowest BCUT2D eigenvalue weighted by molar-refractivity contribution is -0.117. The van der Waals surface area contributed by atoms with Gasteiger partial charge in [-0.3, -0.25) is 19.9 Å². The Morgan fingerprint density at radius 3 is 3.00 bits per heavy atom. The summed E-state index contributed by atoms with van der Waals surface area (Å²) in [6, 6.07) is 1.30. The topological polar surface area (TPSA) is 74.8 Å². The molecule has 0 spiro atoms. The van der Waals surface area contributed by atoms with Crippen molar-refractivity contribution >= 4 is 11.9 Å². The molecule has 0 aromatic carbocycles. The molecule has 13 heavy (non-hydrogen) atoms. The molecule has 1 aliphatic carbocycles. The average molecular weight is 179 g/mol. The van der Waals surface area contributed by atoms with Gasteiger partial charge in [0, 0.05) is 18.2 Å². The van der Waals surface area contributed by atoms with E-state index in [1.165, 1.54) is 12.3 Å². The number of rotatable bonds is 2. The molecule has 1 fully saturated rings. The van der Waals surface area contributed by atoms with Crippen molar-refractivity contribution in [2.45, 2.75) is 12.8 Å². The zero-order valence-electron chi connectivity index (χ0n) is 6.91. The molecule has 1 saturated carbocycles. The Kier molecular flexibility index (Phi) is 1.84. The number of anilines is 1. The van der Waals surface area contributed by atoms with E-state index in [4.69, 9.17) is 0 Å². The Bertz CT molecular complexity index is 381. The minimum atomic E-state index is -0.263. The molecule has 1 amide bonds. The van der Waals surface area contributed by atoms with Gasteiger partial charge >= 0.3 is 0 Å². The van der Waals surface area contributed by atoms with Gasteiger partial charge in [0.1, 0.15) is 0 Å². The summed E-state index contributed by atoms with van der Waals surface area (Å²) in [5, 5.41) is 2.54. The fourth-order valence-corrected chi connectivity index (χ4v) is 0.998. The van der Waals surface area contributed by atoms with Crippen molar-refractivity contribution in [1.29, 1.82) is 0 Å². The van der Waals surface area contributed by atoms with Crippen molar-refractivity contribution in [2.75, 3.05) is 5.32 Å². The Morgan fingerprint density at radius 1 is 1.62 bits per heavy atom. The van der Waals surface area contributed by atoms with Gasteiger partial charge in [-0.2, -0.15) is 0 Å². The van der Waals surface area contributed by atoms with Crippen LogP contribution >= 0.6 is 0 Å². The standard InChI is InChI=1S/C8H9N3O2/c12-6-3-4-9-8(10-6)11-7(13)5-1-2-5/h3-5H,1-2H2,(H2,9,10,11,12,13). The van der Waals surface area contributed by atoms with E-state index in [2.05, 4.69) is 15.3 Å². The van der Waals surface area contributed by atoms with E-state index in [-0.39, 0.29) is 23.3 Å². The maximum absolute atomic E-state index is 11.2. The molecular formula is C8H9N3O2. The number of amides is 1. The van der Waals surface area contributed by atoms with Gasteiger partial charge in [-0.1, -0.05) is 0 Å². The van der Waals surface area contributed by atoms with Gasteiger partial charge < -0.3 is 0 Å². The van der Waals surface area contributed by atoms with Crippen LogP contribution in [0, 0.1) is 5.92 Å². The lowest BCUT2D eigenvalue weighted by Crippen LogP contribution is -2.18. The summed E-state index contributed by atoms with van der Waals surface area (Å²) in [5.41, 5.74) is -0.263. The molecule has 0 atom stereocenters. The highest BCUT2D eigenvalue weighted by Crippen LogP contribution is 2.29. The van der Waals surface area contributed by atoms with E-state index < -0.39 is 0 Å². The Morgan fingerprint density at radius 2 is 2.38 bits per heavy atom. The first kappa shape index (κ1) is 7.97. The lowest BCUT2D eigenvalue weighted by atomic mass is 10.4. The van der Waals surface area contributed by atoms with E-state index in [0.29, 0.717) is 0 Å². The van der Waals surface area contributed by atoms with Crippen LogP contribution in [0.3, 0.4) is 0 Å². The summed E-state index contributed by atoms with van der Waals surface area (Å²) in [7, 11) is 0. The first-order chi connectivity index (χ1) is 6.25. The molecule has 1 aromatic heterocycles. The van der Waals surface area contributed by atoms with Gasteiger partial charge in [-0.05, 0) is 12.8 Å². The number of hydrogen-bond acceptors (Lipinski definition) is 3. The third-order valence-electron chi connectivity index (χ3n) is 1.86. The Labute approximate surface area is 74.2 Å². The minimum Gasteiger partial charge on any atom is -0.296 e. The number of nitrogens with zero attached hydrogens (tertiary/aromatic N) is 1. The van der Waals surface area contributed by atoms with Crippen molar-refractivity contribution in [1.82, 2.24) is 9.97 Å². The van der Waals surface area contributed by atoms with Crippen LogP contribution in [0.25, 0.3) is 0 Å². The molecule has 0 saturated heterocycles. The Balaban J connectivity index is 2.08. The Hall–Kier alpha value is -1.65. The zero-order chi connectivity index (χ0) is 9.26. The van der Waals surface area contributed by atoms with Crippen molar-refractivity contribution in [3.05, 3.63) is 22.6 Å². The van der Waals surface area contributed by atoms with E-state index in [9.17, 15) is 9.59 Å². The monoisotopic (exact) mass is 179 g/mol. The first-order valence-corrected chi connectivity index (χ1v) is 4.12. The largest absolute Gasteiger partial charge is 0.296 e. The van der Waals surface area contributed by atoms with Crippen molar-refractivity contribution in [2.24, 2.45) is 5.92 Å². The van der Waals surface area contributed by atoms with Crippen molar-refractivity contribution in [3.8, 4) is 0 Å². The zero-order valence-corrected chi connectivity index (χ0v) is 6.91. The van der Waals surface area contributed by atoms with Gasteiger partial charge in [0.2, 0.25) is 11.9 Å². The summed E-state index contributed by atoms with van der Waals surface area (Å²) in [4.78, 5) is 28.2. The number of H-pyrrole nitrogens is 1. The summed E-state index contributed by atoms with van der Waals surface area (Å²) in [5.74, 6) is 0.282. The van der Waals surface area contributed by atoms with Crippen LogP contribution in [0.1, 0.15) is 12.8 Å². The van der Waals surface area contributed by atoms with Crippen LogP contribution in [0.15, 0.2) is 17.1 Å². The highest BCUT2D eigenvalue weighted by atomic mass is 16.2. The first-order valence-electron chi connectivity index (χ1n) is 4.12. The minimum absolute atomic E-state index is 0.0608. The van der Waals surface area contributed by atoms with Crippen molar-refractivity contribution < 1.29 is 4.79 Å². The summed E-state index contributed by atoms with van der Waals surface area (Å²) in [6.45, 7) is 0. The van der Waals surface area contributed by atoms with Gasteiger partial charge in [0.05, 0.1) is 0 Å². The number of carbonyl (C=O) groups is 1. The molecule has 0 unspecified atom stereocenters. The van der Waals surface area contributed by atoms with Gasteiger partial charge in [-0.25, -0.2) is 4.98 Å². The molecule has 0 bridgehead atoms. The van der Waals surface area contributed by atoms with Crippen LogP contribution < -0.4 is 10.9 Å². The molecule has 1 heterocycles. The molecule has 1 aromatic rings. The molecule has 2 rings (SSSR count). The van der Waals surface area contributed by atoms with Crippen LogP contribution in [0.2, 0.25) is 0 Å². The van der Waals surface area contributed by atoms with Crippen LogP contribution in [-0.2, 0) is 4.79 Å². The number of hydrogen-bond donors (Lipinski definition) is 2. The second-order valence-corrected chi connectivity index (χ2v) is 3.05. The van der Waals surface area contributed by atoms with Crippen LogP contribution in [0.5, 0.6) is 0 Å². The van der Waals surface area contributed by atoms with Gasteiger partial charge in [-0.15, -0.1) is 0 Å². The maximum atomic E-state index is 11.2. The van der Waals surface area contributed by atoms with E-state index >= 15 is 0 Å². The predicted octanol–water partition coefficient (Wildman–Crippen LogP) is 0.118. The van der Waals surface area contributed by atoms with E-state index in [0.717, 1.165) is 12.8 Å². The predicted molar refractivity (Wildman–Crippen MR) is 46.2 cm³/mol. The number of carbonyl (C=O) groups excluding carboxylic acids is 1. The van der Waals surface area contributed by atoms with Crippen molar-refractivity contribution in [3.63, 3.8) is 0 Å². The highest BCUT2D eigenvalue weighted by molar-refractivity contribution is 5.92. The number of aromatic amines is 1. The second-order valence-electron chi connectivity index (χ2n) is 3.05. The van der Waals surface area contributed by atoms with E-state index in [1.807, 2.05) is 0 Å². The average Bonchev–Trinajstić information content (AvgIpc) is 2.85. The lowest BCUT2D eigenvalue weighted by Gasteiger charge is -2.00. The third-order valence-corrected chi connectivity index (χ3v) is 1.86. The molecular weight excluding hydrogens is 170 g/mol. The quantitative estimate of drug-likeness (QED) is 0.677. The van der Waals surface area contributed by atoms with Gasteiger partial charge in [0.15, 0.2) is 0 Å². The SMILES string of the molecule is O=C(Nc1nccc(=O)[nH]1)C1CC1. The summed E-state index contributed by atoms with van der Waals surface area (Å²) in [6.07, 6.45) is 3.23. The molecule has 5 heteroatoms. The van der Waals surface area contributed by atoms with E-state index in [1.54, 1.807) is 0 Å². The van der Waals surface area contributed by atoms with Gasteiger partial charge in [0.25, 0.3) is 5.56 Å². The molecule has 1 aliphatic rings. The maximum Gasteiger partial charge on any atom is 0.252 e. The van der Waals surface area contributed by atoms with Crippen LogP contribution in [0.4, 0.5) is 5.95 Å². The smallest absolute Gasteiger partial charge is 0.252 e. The third kappa shape index (κ3) is 1.93. The highest BCUT2D eigenvalue weighted by Gasteiger charge is 2.29. The number of aromatic nitrogens is 2. The fourth-order valence-electron chi connectivity index (χ4n) is 0.998. The molecule has 0 radical (unpaired) electrons. The summed E-state index contributed by atoms with van der Waals surface area (Å²) >= 11 is 0. The number of nitrogens with one attached hydrogen (secondary N) is 2. The fraction of sp³-hybridized carbons (Fsp3) is 0.375. The normalized spacial score (nSPS) is 15.4. The van der Waals surface area contributed by atoms with Crippen LogP contribution in [-0.4, -0.2) is 15.9 Å².